The highest BCUT2D eigenvalue weighted by Gasteiger charge is 2.16. The fourth-order valence-electron chi connectivity index (χ4n) is 1.72. The van der Waals surface area contributed by atoms with Gasteiger partial charge in [-0.05, 0) is 36.5 Å². The maximum absolute atomic E-state index is 11.0. The summed E-state index contributed by atoms with van der Waals surface area (Å²) in [5.74, 6) is -1.16. The van der Waals surface area contributed by atoms with Crippen molar-refractivity contribution in [2.75, 3.05) is 0 Å². The molecule has 0 aliphatic rings. The quantitative estimate of drug-likeness (QED) is 0.822. The summed E-state index contributed by atoms with van der Waals surface area (Å²) in [6.45, 7) is 5.88. The molecule has 1 unspecified atom stereocenters. The second-order valence-corrected chi connectivity index (χ2v) is 3.80. The topological polar surface area (TPSA) is 37.3 Å². The second kappa shape index (κ2) is 4.96. The first kappa shape index (κ1) is 11.8. The number of aliphatic carboxylic acids is 1. The minimum absolute atomic E-state index is 0.411. The average molecular weight is 206 g/mol. The van der Waals surface area contributed by atoms with E-state index in [2.05, 4.69) is 19.9 Å². The summed E-state index contributed by atoms with van der Waals surface area (Å²) in [6, 6.07) is 6.15. The molecule has 0 fully saturated rings. The van der Waals surface area contributed by atoms with Gasteiger partial charge in [0.05, 0.1) is 5.92 Å². The lowest BCUT2D eigenvalue weighted by molar-refractivity contribution is -0.138. The zero-order valence-electron chi connectivity index (χ0n) is 9.58. The third kappa shape index (κ3) is 2.58. The first-order valence-corrected chi connectivity index (χ1v) is 5.44. The highest BCUT2D eigenvalue weighted by Crippen LogP contribution is 2.22. The Morgan fingerprint density at radius 3 is 2.47 bits per heavy atom. The van der Waals surface area contributed by atoms with Crippen LogP contribution in [0.4, 0.5) is 0 Å². The Balaban J connectivity index is 3.16. The molecule has 1 N–H and O–H groups in total. The number of hydrogen-bond donors (Lipinski definition) is 1. The van der Waals surface area contributed by atoms with E-state index in [1.807, 2.05) is 12.1 Å². The highest BCUT2D eigenvalue weighted by atomic mass is 16.4. The molecule has 15 heavy (non-hydrogen) atoms. The summed E-state index contributed by atoms with van der Waals surface area (Å²) in [7, 11) is 0. The summed E-state index contributed by atoms with van der Waals surface area (Å²) < 4.78 is 0. The lowest BCUT2D eigenvalue weighted by atomic mass is 9.92. The smallest absolute Gasteiger partial charge is 0.310 e. The maximum Gasteiger partial charge on any atom is 0.310 e. The van der Waals surface area contributed by atoms with Crippen molar-refractivity contribution in [1.82, 2.24) is 0 Å². The van der Waals surface area contributed by atoms with Gasteiger partial charge in [-0.25, -0.2) is 0 Å². The first-order chi connectivity index (χ1) is 7.10. The van der Waals surface area contributed by atoms with Gasteiger partial charge in [0, 0.05) is 0 Å². The SMILES string of the molecule is CCc1ccc(CC)c(C(C)C(=O)O)c1. The summed E-state index contributed by atoms with van der Waals surface area (Å²) in [5.41, 5.74) is 3.31. The Hall–Kier alpha value is -1.31. The van der Waals surface area contributed by atoms with E-state index in [1.54, 1.807) is 6.92 Å². The number of carboxylic acid groups (broad SMARTS) is 1. The zero-order chi connectivity index (χ0) is 11.4. The summed E-state index contributed by atoms with van der Waals surface area (Å²) in [6.07, 6.45) is 1.83. The van der Waals surface area contributed by atoms with Crippen molar-refractivity contribution in [3.63, 3.8) is 0 Å². The molecule has 0 bridgehead atoms. The van der Waals surface area contributed by atoms with E-state index < -0.39 is 11.9 Å². The average Bonchev–Trinajstić information content (AvgIpc) is 2.27. The van der Waals surface area contributed by atoms with Crippen molar-refractivity contribution in [2.24, 2.45) is 0 Å². The van der Waals surface area contributed by atoms with Gasteiger partial charge in [0.2, 0.25) is 0 Å². The zero-order valence-corrected chi connectivity index (χ0v) is 9.58. The van der Waals surface area contributed by atoms with Crippen molar-refractivity contribution < 1.29 is 9.90 Å². The van der Waals surface area contributed by atoms with E-state index in [4.69, 9.17) is 5.11 Å². The van der Waals surface area contributed by atoms with Gasteiger partial charge in [-0.15, -0.1) is 0 Å². The minimum atomic E-state index is -0.752. The molecule has 2 heteroatoms. The fourth-order valence-corrected chi connectivity index (χ4v) is 1.72. The van der Waals surface area contributed by atoms with Gasteiger partial charge in [0.15, 0.2) is 0 Å². The molecule has 1 rings (SSSR count). The van der Waals surface area contributed by atoms with Gasteiger partial charge in [0.25, 0.3) is 0 Å². The van der Waals surface area contributed by atoms with Crippen LogP contribution in [0.3, 0.4) is 0 Å². The molecule has 1 atom stereocenters. The van der Waals surface area contributed by atoms with Gasteiger partial charge < -0.3 is 5.11 Å². The lowest BCUT2D eigenvalue weighted by Crippen LogP contribution is -2.10. The normalized spacial score (nSPS) is 12.5. The maximum atomic E-state index is 11.0. The van der Waals surface area contributed by atoms with Crippen LogP contribution < -0.4 is 0 Å². The van der Waals surface area contributed by atoms with E-state index in [9.17, 15) is 4.79 Å². The molecule has 0 radical (unpaired) electrons. The molecule has 0 saturated heterocycles. The number of hydrogen-bond acceptors (Lipinski definition) is 1. The van der Waals surface area contributed by atoms with E-state index in [-0.39, 0.29) is 0 Å². The number of benzene rings is 1. The summed E-state index contributed by atoms with van der Waals surface area (Å²) >= 11 is 0. The largest absolute Gasteiger partial charge is 0.481 e. The van der Waals surface area contributed by atoms with Crippen molar-refractivity contribution in [2.45, 2.75) is 39.5 Å². The molecule has 0 amide bonds. The predicted molar refractivity (Wildman–Crippen MR) is 61.2 cm³/mol. The number of carbonyl (C=O) groups is 1. The number of rotatable bonds is 4. The Morgan fingerprint density at radius 1 is 1.33 bits per heavy atom. The molecule has 0 saturated carbocycles. The van der Waals surface area contributed by atoms with Crippen molar-refractivity contribution >= 4 is 5.97 Å². The summed E-state index contributed by atoms with van der Waals surface area (Å²) in [4.78, 5) is 11.0. The van der Waals surface area contributed by atoms with E-state index in [1.165, 1.54) is 5.56 Å². The van der Waals surface area contributed by atoms with Crippen LogP contribution in [0, 0.1) is 0 Å². The van der Waals surface area contributed by atoms with Crippen LogP contribution in [0.25, 0.3) is 0 Å². The van der Waals surface area contributed by atoms with E-state index in [0.717, 1.165) is 24.0 Å². The predicted octanol–water partition coefficient (Wildman–Crippen LogP) is 3.00. The lowest BCUT2D eigenvalue weighted by Gasteiger charge is -2.13. The Bertz CT molecular complexity index is 356. The third-order valence-electron chi connectivity index (χ3n) is 2.84. The van der Waals surface area contributed by atoms with E-state index in [0.29, 0.717) is 0 Å². The van der Waals surface area contributed by atoms with Crippen LogP contribution in [-0.4, -0.2) is 11.1 Å². The first-order valence-electron chi connectivity index (χ1n) is 5.44. The third-order valence-corrected chi connectivity index (χ3v) is 2.84. The Kier molecular flexibility index (Phi) is 3.89. The molecule has 0 spiro atoms. The molecule has 0 aliphatic carbocycles. The standard InChI is InChI=1S/C13H18O2/c1-4-10-6-7-11(5-2)12(8-10)9(3)13(14)15/h6-9H,4-5H2,1-3H3,(H,14,15). The Morgan fingerprint density at radius 2 is 2.00 bits per heavy atom. The van der Waals surface area contributed by atoms with Gasteiger partial charge in [-0.3, -0.25) is 4.79 Å². The number of aryl methyl sites for hydroxylation is 2. The summed E-state index contributed by atoms with van der Waals surface area (Å²) in [5, 5.41) is 9.02. The molecule has 0 aliphatic heterocycles. The van der Waals surface area contributed by atoms with Crippen LogP contribution in [0.5, 0.6) is 0 Å². The molecule has 0 heterocycles. The van der Waals surface area contributed by atoms with Crippen molar-refractivity contribution in [1.29, 1.82) is 0 Å². The number of carboxylic acids is 1. The molecule has 0 aromatic heterocycles. The van der Waals surface area contributed by atoms with Gasteiger partial charge in [-0.2, -0.15) is 0 Å². The van der Waals surface area contributed by atoms with Gasteiger partial charge in [-0.1, -0.05) is 32.0 Å². The molecule has 82 valence electrons. The van der Waals surface area contributed by atoms with Crippen LogP contribution in [0.15, 0.2) is 18.2 Å². The fraction of sp³-hybridized carbons (Fsp3) is 0.462. The Labute approximate surface area is 90.9 Å². The van der Waals surface area contributed by atoms with Crippen LogP contribution in [0.1, 0.15) is 43.4 Å². The monoisotopic (exact) mass is 206 g/mol. The van der Waals surface area contributed by atoms with Crippen LogP contribution in [-0.2, 0) is 17.6 Å². The van der Waals surface area contributed by atoms with Crippen molar-refractivity contribution in [3.05, 3.63) is 34.9 Å². The van der Waals surface area contributed by atoms with Crippen LogP contribution >= 0.6 is 0 Å². The molecular weight excluding hydrogens is 188 g/mol. The van der Waals surface area contributed by atoms with Crippen molar-refractivity contribution in [3.8, 4) is 0 Å². The molecule has 1 aromatic carbocycles. The minimum Gasteiger partial charge on any atom is -0.481 e. The van der Waals surface area contributed by atoms with Gasteiger partial charge in [0.1, 0.15) is 0 Å². The molecular formula is C13H18O2. The molecule has 2 nitrogen and oxygen atoms in total. The van der Waals surface area contributed by atoms with Crippen LogP contribution in [0.2, 0.25) is 0 Å². The highest BCUT2D eigenvalue weighted by molar-refractivity contribution is 5.76. The van der Waals surface area contributed by atoms with Gasteiger partial charge >= 0.3 is 5.97 Å². The second-order valence-electron chi connectivity index (χ2n) is 3.80. The molecule has 1 aromatic rings. The van der Waals surface area contributed by atoms with E-state index >= 15 is 0 Å².